The van der Waals surface area contributed by atoms with E-state index in [1.54, 1.807) is 20.2 Å². The lowest BCUT2D eigenvalue weighted by atomic mass is 9.96. The van der Waals surface area contributed by atoms with Crippen molar-refractivity contribution in [2.45, 2.75) is 52.5 Å². The number of fused-ring (bicyclic) bond motifs is 2. The molecule has 5 rings (SSSR count). The number of carbonyl (C=O) groups excluding carboxylic acids is 1. The third-order valence-electron chi connectivity index (χ3n) is 6.17. The monoisotopic (exact) mass is 407 g/mol. The third-order valence-corrected chi connectivity index (χ3v) is 6.17. The van der Waals surface area contributed by atoms with Crippen molar-refractivity contribution in [1.29, 1.82) is 0 Å². The van der Waals surface area contributed by atoms with Gasteiger partial charge in [-0.2, -0.15) is 10.1 Å². The van der Waals surface area contributed by atoms with Crippen LogP contribution >= 0.6 is 0 Å². The van der Waals surface area contributed by atoms with Crippen LogP contribution < -0.4 is 5.56 Å². The van der Waals surface area contributed by atoms with Gasteiger partial charge >= 0.3 is 0 Å². The Kier molecular flexibility index (Phi) is 4.60. The van der Waals surface area contributed by atoms with Gasteiger partial charge in [-0.3, -0.25) is 9.59 Å². The summed E-state index contributed by atoms with van der Waals surface area (Å²) in [6.45, 7) is 5.69. The summed E-state index contributed by atoms with van der Waals surface area (Å²) in [5.41, 5.74) is 3.91. The Labute approximate surface area is 173 Å². The molecule has 0 spiro atoms. The van der Waals surface area contributed by atoms with Crippen LogP contribution in [0.3, 0.4) is 0 Å². The van der Waals surface area contributed by atoms with E-state index in [1.165, 1.54) is 0 Å². The predicted octanol–water partition coefficient (Wildman–Crippen LogP) is 1.34. The van der Waals surface area contributed by atoms with Gasteiger partial charge in [0.25, 0.3) is 17.2 Å². The van der Waals surface area contributed by atoms with Crippen LogP contribution in [0.15, 0.2) is 16.9 Å². The van der Waals surface area contributed by atoms with E-state index in [9.17, 15) is 9.59 Å². The summed E-state index contributed by atoms with van der Waals surface area (Å²) in [4.78, 5) is 35.8. The molecule has 9 nitrogen and oxygen atoms in total. The average molecular weight is 407 g/mol. The molecule has 0 radical (unpaired) electrons. The van der Waals surface area contributed by atoms with Crippen molar-refractivity contribution in [1.82, 2.24) is 34.3 Å². The molecule has 1 fully saturated rings. The maximum Gasteiger partial charge on any atom is 0.293 e. The van der Waals surface area contributed by atoms with E-state index < -0.39 is 0 Å². The van der Waals surface area contributed by atoms with Gasteiger partial charge in [0, 0.05) is 37.1 Å². The Morgan fingerprint density at radius 2 is 1.90 bits per heavy atom. The standard InChI is InChI=1S/C21H25N7O2/c1-13-10-14(2)28-21(22-13)23-19(25-28)20(30)26-8-6-15(7-9-26)12-27-18(29)11-16-4-3-5-17(16)24-27/h10-11,15H,3-9,12H2,1-2H3. The highest BCUT2D eigenvalue weighted by Crippen LogP contribution is 2.21. The van der Waals surface area contributed by atoms with Crippen LogP contribution in [0, 0.1) is 19.8 Å². The lowest BCUT2D eigenvalue weighted by Gasteiger charge is -2.31. The van der Waals surface area contributed by atoms with Crippen molar-refractivity contribution in [2.75, 3.05) is 13.1 Å². The van der Waals surface area contributed by atoms with Gasteiger partial charge in [-0.05, 0) is 63.5 Å². The minimum absolute atomic E-state index is 0.0128. The van der Waals surface area contributed by atoms with Crippen molar-refractivity contribution in [3.05, 3.63) is 51.0 Å². The van der Waals surface area contributed by atoms with Crippen LogP contribution in [0.2, 0.25) is 0 Å². The fourth-order valence-electron chi connectivity index (χ4n) is 4.53. The zero-order chi connectivity index (χ0) is 20.8. The Balaban J connectivity index is 1.25. The van der Waals surface area contributed by atoms with Gasteiger partial charge in [-0.1, -0.05) is 0 Å². The van der Waals surface area contributed by atoms with Gasteiger partial charge in [-0.15, -0.1) is 5.10 Å². The average Bonchev–Trinajstić information content (AvgIpc) is 3.35. The highest BCUT2D eigenvalue weighted by atomic mass is 16.2. The highest BCUT2D eigenvalue weighted by Gasteiger charge is 2.27. The summed E-state index contributed by atoms with van der Waals surface area (Å²) in [6.07, 6.45) is 4.67. The number of aryl methyl sites for hydroxylation is 4. The zero-order valence-corrected chi connectivity index (χ0v) is 17.3. The summed E-state index contributed by atoms with van der Waals surface area (Å²) >= 11 is 0. The van der Waals surface area contributed by atoms with Crippen LogP contribution in [0.4, 0.5) is 0 Å². The fraction of sp³-hybridized carbons (Fsp3) is 0.524. The summed E-state index contributed by atoms with van der Waals surface area (Å²) in [5, 5.41) is 8.94. The molecule has 3 aromatic heterocycles. The molecule has 30 heavy (non-hydrogen) atoms. The predicted molar refractivity (Wildman–Crippen MR) is 109 cm³/mol. The maximum atomic E-state index is 12.9. The number of hydrogen-bond donors (Lipinski definition) is 0. The molecule has 2 aliphatic rings. The quantitative estimate of drug-likeness (QED) is 0.650. The molecule has 1 saturated heterocycles. The zero-order valence-electron chi connectivity index (χ0n) is 17.3. The second kappa shape index (κ2) is 7.30. The number of nitrogens with zero attached hydrogens (tertiary/aromatic N) is 7. The Morgan fingerprint density at radius 3 is 2.70 bits per heavy atom. The van der Waals surface area contributed by atoms with Gasteiger partial charge in [0.15, 0.2) is 0 Å². The number of amides is 1. The summed E-state index contributed by atoms with van der Waals surface area (Å²) < 4.78 is 3.23. The summed E-state index contributed by atoms with van der Waals surface area (Å²) in [5.74, 6) is 0.807. The maximum absolute atomic E-state index is 12.9. The van der Waals surface area contributed by atoms with E-state index in [4.69, 9.17) is 0 Å². The molecule has 1 aliphatic carbocycles. The number of carbonyl (C=O) groups is 1. The van der Waals surface area contributed by atoms with Gasteiger partial charge in [0.1, 0.15) is 0 Å². The van der Waals surface area contributed by atoms with Crippen molar-refractivity contribution in [3.8, 4) is 0 Å². The molecule has 0 aromatic carbocycles. The Hall–Kier alpha value is -3.10. The first-order chi connectivity index (χ1) is 14.5. The van der Waals surface area contributed by atoms with Crippen LogP contribution in [-0.2, 0) is 19.4 Å². The second-order valence-electron chi connectivity index (χ2n) is 8.41. The molecule has 1 aliphatic heterocycles. The van der Waals surface area contributed by atoms with Crippen molar-refractivity contribution < 1.29 is 4.79 Å². The molecule has 0 N–H and O–H groups in total. The summed E-state index contributed by atoms with van der Waals surface area (Å²) in [6, 6.07) is 3.66. The lowest BCUT2D eigenvalue weighted by Crippen LogP contribution is -2.40. The Morgan fingerprint density at radius 1 is 1.10 bits per heavy atom. The number of hydrogen-bond acceptors (Lipinski definition) is 6. The fourth-order valence-corrected chi connectivity index (χ4v) is 4.53. The number of piperidine rings is 1. The van der Waals surface area contributed by atoms with Crippen molar-refractivity contribution in [3.63, 3.8) is 0 Å². The van der Waals surface area contributed by atoms with Crippen LogP contribution in [0.25, 0.3) is 5.78 Å². The van der Waals surface area contributed by atoms with E-state index in [1.807, 2.05) is 19.9 Å². The van der Waals surface area contributed by atoms with Crippen LogP contribution in [0.5, 0.6) is 0 Å². The normalized spacial score (nSPS) is 16.9. The largest absolute Gasteiger partial charge is 0.336 e. The van der Waals surface area contributed by atoms with Crippen LogP contribution in [-0.4, -0.2) is 53.3 Å². The molecule has 3 aromatic rings. The molecule has 0 atom stereocenters. The molecule has 9 heteroatoms. The van der Waals surface area contributed by atoms with E-state index in [0.717, 1.165) is 54.7 Å². The molecule has 0 saturated carbocycles. The third kappa shape index (κ3) is 3.38. The first kappa shape index (κ1) is 18.9. The van der Waals surface area contributed by atoms with Gasteiger partial charge < -0.3 is 4.90 Å². The van der Waals surface area contributed by atoms with Crippen molar-refractivity contribution in [2.24, 2.45) is 5.92 Å². The van der Waals surface area contributed by atoms with Crippen molar-refractivity contribution >= 4 is 11.7 Å². The SMILES string of the molecule is Cc1cc(C)n2nc(C(=O)N3CCC(Cn4nc5c(cc4=O)CCC5)CC3)nc2n1. The lowest BCUT2D eigenvalue weighted by molar-refractivity contribution is 0.0668. The second-order valence-corrected chi connectivity index (χ2v) is 8.41. The minimum Gasteiger partial charge on any atom is -0.336 e. The molecule has 0 bridgehead atoms. The molecule has 1 amide bonds. The van der Waals surface area contributed by atoms with E-state index in [2.05, 4.69) is 20.2 Å². The Bertz CT molecular complexity index is 1190. The molecule has 156 valence electrons. The van der Waals surface area contributed by atoms with Gasteiger partial charge in [0.05, 0.1) is 5.69 Å². The smallest absolute Gasteiger partial charge is 0.293 e. The minimum atomic E-state index is -0.163. The van der Waals surface area contributed by atoms with E-state index in [-0.39, 0.29) is 17.3 Å². The topological polar surface area (TPSA) is 98.3 Å². The number of likely N-dealkylation sites (tertiary alicyclic amines) is 1. The van der Waals surface area contributed by atoms with E-state index in [0.29, 0.717) is 31.3 Å². The molecular weight excluding hydrogens is 382 g/mol. The number of aromatic nitrogens is 6. The molecule has 0 unspecified atom stereocenters. The molecule has 4 heterocycles. The summed E-state index contributed by atoms with van der Waals surface area (Å²) in [7, 11) is 0. The first-order valence-corrected chi connectivity index (χ1v) is 10.6. The molecular formula is C21H25N7O2. The highest BCUT2D eigenvalue weighted by molar-refractivity contribution is 5.91. The van der Waals surface area contributed by atoms with Gasteiger partial charge in [-0.25, -0.2) is 14.2 Å². The van der Waals surface area contributed by atoms with E-state index >= 15 is 0 Å². The number of rotatable bonds is 3. The van der Waals surface area contributed by atoms with Crippen LogP contribution in [0.1, 0.15) is 52.5 Å². The first-order valence-electron chi connectivity index (χ1n) is 10.6. The van der Waals surface area contributed by atoms with Gasteiger partial charge in [0.2, 0.25) is 5.82 Å².